The largest absolute Gasteiger partial charge is 0.469 e. The summed E-state index contributed by atoms with van der Waals surface area (Å²) in [6.45, 7) is 3.48. The molecule has 0 aliphatic heterocycles. The van der Waals surface area contributed by atoms with Crippen LogP contribution < -0.4 is 10.2 Å². The first-order valence-corrected chi connectivity index (χ1v) is 6.64. The molecule has 5 heteroatoms. The molecule has 0 bridgehead atoms. The lowest BCUT2D eigenvalue weighted by atomic mass is 10.2. The molecule has 0 atom stereocenters. The zero-order chi connectivity index (χ0) is 13.2. The molecule has 19 heavy (non-hydrogen) atoms. The van der Waals surface area contributed by atoms with Crippen LogP contribution in [-0.4, -0.2) is 18.1 Å². The monoisotopic (exact) mass is 261 g/mol. The number of nitrogens with one attached hydrogen (secondary N) is 1. The molecular weight excluding hydrogens is 242 g/mol. The number of aryl methyl sites for hydroxylation is 1. The van der Waals surface area contributed by atoms with Crippen LogP contribution in [0.2, 0.25) is 0 Å². The van der Waals surface area contributed by atoms with E-state index < -0.39 is 0 Å². The summed E-state index contributed by atoms with van der Waals surface area (Å²) in [6.07, 6.45) is 6.00. The van der Waals surface area contributed by atoms with Crippen molar-refractivity contribution in [2.75, 3.05) is 11.9 Å². The summed E-state index contributed by atoms with van der Waals surface area (Å²) >= 11 is 0. The van der Waals surface area contributed by atoms with Gasteiger partial charge in [0.05, 0.1) is 18.5 Å². The highest BCUT2D eigenvalue weighted by molar-refractivity contribution is 5.29. The van der Waals surface area contributed by atoms with E-state index >= 15 is 0 Å². The molecule has 0 radical (unpaired) electrons. The summed E-state index contributed by atoms with van der Waals surface area (Å²) in [5.74, 6) is 0.939. The number of oxazole rings is 1. The van der Waals surface area contributed by atoms with Crippen molar-refractivity contribution in [2.45, 2.75) is 38.9 Å². The molecule has 0 amide bonds. The van der Waals surface area contributed by atoms with Crippen LogP contribution in [0.15, 0.2) is 27.4 Å². The first-order chi connectivity index (χ1) is 9.22. The fraction of sp³-hybridized carbons (Fsp3) is 0.500. The number of hydrogen-bond acceptors (Lipinski definition) is 5. The smallest absolute Gasteiger partial charge is 0.297 e. The van der Waals surface area contributed by atoms with Crippen LogP contribution in [0, 0.1) is 6.92 Å². The van der Waals surface area contributed by atoms with Gasteiger partial charge in [0.15, 0.2) is 0 Å². The zero-order valence-electron chi connectivity index (χ0n) is 11.3. The van der Waals surface area contributed by atoms with Gasteiger partial charge in [-0.1, -0.05) is 0 Å². The Morgan fingerprint density at radius 3 is 2.95 bits per heavy atom. The van der Waals surface area contributed by atoms with Crippen LogP contribution in [0.25, 0.3) is 0 Å². The van der Waals surface area contributed by atoms with Gasteiger partial charge < -0.3 is 19.1 Å². The molecule has 2 aromatic rings. The molecule has 1 aliphatic carbocycles. The molecule has 3 rings (SSSR count). The van der Waals surface area contributed by atoms with Gasteiger partial charge in [-0.25, -0.2) is 0 Å². The fourth-order valence-corrected chi connectivity index (χ4v) is 1.99. The van der Waals surface area contributed by atoms with E-state index in [1.165, 1.54) is 12.8 Å². The minimum absolute atomic E-state index is 0.646. The first-order valence-electron chi connectivity index (χ1n) is 6.64. The van der Waals surface area contributed by atoms with E-state index in [4.69, 9.17) is 8.83 Å². The summed E-state index contributed by atoms with van der Waals surface area (Å²) < 4.78 is 10.8. The van der Waals surface area contributed by atoms with Crippen molar-refractivity contribution in [1.82, 2.24) is 10.3 Å². The molecule has 5 nitrogen and oxygen atoms in total. The van der Waals surface area contributed by atoms with Crippen LogP contribution in [0.5, 0.6) is 0 Å². The second-order valence-electron chi connectivity index (χ2n) is 5.13. The van der Waals surface area contributed by atoms with Crippen LogP contribution in [0.3, 0.4) is 0 Å². The molecule has 1 N–H and O–H groups in total. The van der Waals surface area contributed by atoms with Gasteiger partial charge in [-0.05, 0) is 25.8 Å². The van der Waals surface area contributed by atoms with Crippen molar-refractivity contribution in [3.05, 3.63) is 35.6 Å². The minimum atomic E-state index is 0.646. The Morgan fingerprint density at radius 2 is 2.26 bits per heavy atom. The van der Waals surface area contributed by atoms with Gasteiger partial charge in [-0.3, -0.25) is 0 Å². The lowest BCUT2D eigenvalue weighted by Gasteiger charge is -2.13. The van der Waals surface area contributed by atoms with E-state index in [-0.39, 0.29) is 0 Å². The van der Waals surface area contributed by atoms with E-state index in [1.807, 2.05) is 24.9 Å². The lowest BCUT2D eigenvalue weighted by Crippen LogP contribution is -2.18. The Morgan fingerprint density at radius 1 is 1.42 bits per heavy atom. The lowest BCUT2D eigenvalue weighted by molar-refractivity contribution is 0.524. The van der Waals surface area contributed by atoms with E-state index in [1.54, 1.807) is 12.5 Å². The van der Waals surface area contributed by atoms with E-state index in [9.17, 15) is 0 Å². The van der Waals surface area contributed by atoms with Gasteiger partial charge in [0.25, 0.3) is 6.01 Å². The van der Waals surface area contributed by atoms with Crippen molar-refractivity contribution in [1.29, 1.82) is 0 Å². The maximum atomic E-state index is 5.51. The summed E-state index contributed by atoms with van der Waals surface area (Å²) in [5, 5.41) is 3.42. The van der Waals surface area contributed by atoms with E-state index in [0.717, 1.165) is 30.1 Å². The van der Waals surface area contributed by atoms with Crippen molar-refractivity contribution < 1.29 is 8.83 Å². The second-order valence-corrected chi connectivity index (χ2v) is 5.13. The van der Waals surface area contributed by atoms with Gasteiger partial charge in [0.1, 0.15) is 12.0 Å². The summed E-state index contributed by atoms with van der Waals surface area (Å²) in [4.78, 5) is 6.47. The molecule has 1 saturated carbocycles. The van der Waals surface area contributed by atoms with Crippen molar-refractivity contribution in [3.8, 4) is 0 Å². The van der Waals surface area contributed by atoms with Gasteiger partial charge in [0.2, 0.25) is 0 Å². The maximum absolute atomic E-state index is 5.51. The average molecular weight is 261 g/mol. The Bertz CT molecular complexity index is 542. The highest BCUT2D eigenvalue weighted by Gasteiger charge is 2.21. The second kappa shape index (κ2) is 5.09. The predicted octanol–water partition coefficient (Wildman–Crippen LogP) is 2.46. The van der Waals surface area contributed by atoms with Crippen LogP contribution >= 0.6 is 0 Å². The third-order valence-electron chi connectivity index (χ3n) is 3.39. The van der Waals surface area contributed by atoms with Crippen molar-refractivity contribution in [3.63, 3.8) is 0 Å². The van der Waals surface area contributed by atoms with E-state index in [0.29, 0.717) is 12.1 Å². The van der Waals surface area contributed by atoms with Gasteiger partial charge in [-0.2, -0.15) is 4.98 Å². The molecule has 1 fully saturated rings. The van der Waals surface area contributed by atoms with Crippen LogP contribution in [0.1, 0.15) is 29.9 Å². The van der Waals surface area contributed by atoms with Crippen molar-refractivity contribution >= 4 is 6.01 Å². The molecule has 1 aliphatic rings. The number of hydrogen-bond donors (Lipinski definition) is 1. The number of anilines is 1. The standard InChI is InChI=1S/C14H19N3O2/c1-10-11(5-6-18-10)8-17(2)14-16-13(9-19-14)7-15-12-3-4-12/h5-6,9,12,15H,3-4,7-8H2,1-2H3. The number of aromatic nitrogens is 1. The third kappa shape index (κ3) is 2.98. The van der Waals surface area contributed by atoms with Gasteiger partial charge in [-0.15, -0.1) is 0 Å². The molecule has 0 unspecified atom stereocenters. The SMILES string of the molecule is Cc1occc1CN(C)c1nc(CNC2CC2)co1. The van der Waals surface area contributed by atoms with Gasteiger partial charge in [0, 0.05) is 25.2 Å². The number of rotatable bonds is 6. The third-order valence-corrected chi connectivity index (χ3v) is 3.39. The molecule has 0 saturated heterocycles. The zero-order valence-corrected chi connectivity index (χ0v) is 11.3. The van der Waals surface area contributed by atoms with E-state index in [2.05, 4.69) is 10.3 Å². The molecule has 2 heterocycles. The summed E-state index contributed by atoms with van der Waals surface area (Å²) in [5.41, 5.74) is 2.11. The highest BCUT2D eigenvalue weighted by atomic mass is 16.4. The average Bonchev–Trinajstić information content (AvgIpc) is 2.96. The van der Waals surface area contributed by atoms with Crippen LogP contribution in [-0.2, 0) is 13.1 Å². The molecule has 0 spiro atoms. The predicted molar refractivity (Wildman–Crippen MR) is 71.9 cm³/mol. The Kier molecular flexibility index (Phi) is 3.29. The Labute approximate surface area is 112 Å². The Hall–Kier alpha value is -1.75. The normalized spacial score (nSPS) is 14.8. The molecule has 0 aromatic carbocycles. The minimum Gasteiger partial charge on any atom is -0.469 e. The summed E-state index contributed by atoms with van der Waals surface area (Å²) in [6, 6.07) is 3.31. The fourth-order valence-electron chi connectivity index (χ4n) is 1.99. The maximum Gasteiger partial charge on any atom is 0.297 e. The summed E-state index contributed by atoms with van der Waals surface area (Å²) in [7, 11) is 1.97. The van der Waals surface area contributed by atoms with Gasteiger partial charge >= 0.3 is 0 Å². The van der Waals surface area contributed by atoms with Crippen molar-refractivity contribution in [2.24, 2.45) is 0 Å². The molecule has 2 aromatic heterocycles. The number of nitrogens with zero attached hydrogens (tertiary/aromatic N) is 2. The molecule has 102 valence electrons. The highest BCUT2D eigenvalue weighted by Crippen LogP contribution is 2.20. The first kappa shape index (κ1) is 12.3. The van der Waals surface area contributed by atoms with Crippen LogP contribution in [0.4, 0.5) is 6.01 Å². The quantitative estimate of drug-likeness (QED) is 0.865. The topological polar surface area (TPSA) is 54.4 Å². The number of furan rings is 1. The molecular formula is C14H19N3O2. The Balaban J connectivity index is 1.59.